The topological polar surface area (TPSA) is 71.8 Å². The van der Waals surface area contributed by atoms with Crippen LogP contribution < -0.4 is 20.6 Å². The Hall–Kier alpha value is -3.80. The van der Waals surface area contributed by atoms with Crippen molar-refractivity contribution in [2.24, 2.45) is 0 Å². The summed E-state index contributed by atoms with van der Waals surface area (Å²) in [7, 11) is 0. The van der Waals surface area contributed by atoms with E-state index in [1.165, 1.54) is 24.9 Å². The third kappa shape index (κ3) is 4.17. The van der Waals surface area contributed by atoms with Crippen LogP contribution in [0.15, 0.2) is 75.9 Å². The highest BCUT2D eigenvalue weighted by atomic mass is 16.5. The molecule has 6 heteroatoms. The van der Waals surface area contributed by atoms with Gasteiger partial charge in [-0.3, -0.25) is 4.79 Å². The van der Waals surface area contributed by atoms with Crippen molar-refractivity contribution in [3.63, 3.8) is 0 Å². The van der Waals surface area contributed by atoms with Gasteiger partial charge in [0, 0.05) is 35.9 Å². The fourth-order valence-electron chi connectivity index (χ4n) is 4.20. The first kappa shape index (κ1) is 20.1. The van der Waals surface area contributed by atoms with E-state index in [9.17, 15) is 9.59 Å². The van der Waals surface area contributed by atoms with Crippen molar-refractivity contribution in [2.75, 3.05) is 29.9 Å². The molecule has 0 atom stereocenters. The minimum Gasteiger partial charge on any atom is -0.484 e. The molecule has 2 heterocycles. The average molecular weight is 428 g/mol. The predicted octanol–water partition coefficient (Wildman–Crippen LogP) is 4.95. The van der Waals surface area contributed by atoms with Gasteiger partial charge in [0.2, 0.25) is 0 Å². The van der Waals surface area contributed by atoms with Crippen LogP contribution in [0.25, 0.3) is 21.7 Å². The van der Waals surface area contributed by atoms with Crippen LogP contribution in [-0.2, 0) is 4.79 Å². The number of anilines is 2. The number of piperidine rings is 1. The summed E-state index contributed by atoms with van der Waals surface area (Å²) < 4.78 is 11.1. The molecule has 1 aromatic heterocycles. The summed E-state index contributed by atoms with van der Waals surface area (Å²) in [6.07, 6.45) is 3.75. The molecular weight excluding hydrogens is 404 g/mol. The number of benzene rings is 3. The standard InChI is InChI=1S/C26H24N2O4/c29-25(27-18-8-10-19(11-9-18)28-14-4-1-5-15-28)17-31-20-12-13-22-21-6-2-3-7-23(21)26(30)32-24(22)16-20/h2-3,6-13,16H,1,4-5,14-15,17H2,(H,27,29). The van der Waals surface area contributed by atoms with E-state index in [4.69, 9.17) is 9.15 Å². The Kier molecular flexibility index (Phi) is 5.50. The highest BCUT2D eigenvalue weighted by Gasteiger charge is 2.12. The quantitative estimate of drug-likeness (QED) is 0.360. The van der Waals surface area contributed by atoms with Crippen molar-refractivity contribution in [3.8, 4) is 5.75 Å². The summed E-state index contributed by atoms with van der Waals surface area (Å²) >= 11 is 0. The molecule has 1 N–H and O–H groups in total. The van der Waals surface area contributed by atoms with Crippen molar-refractivity contribution < 1.29 is 13.9 Å². The largest absolute Gasteiger partial charge is 0.484 e. The number of rotatable bonds is 5. The molecule has 4 aromatic rings. The molecular formula is C26H24N2O4. The summed E-state index contributed by atoms with van der Waals surface area (Å²) in [5.41, 5.74) is 1.95. The summed E-state index contributed by atoms with van der Waals surface area (Å²) in [6, 6.07) is 20.5. The molecule has 6 nitrogen and oxygen atoms in total. The van der Waals surface area contributed by atoms with Crippen LogP contribution in [0.1, 0.15) is 19.3 Å². The summed E-state index contributed by atoms with van der Waals surface area (Å²) in [5.74, 6) is 0.210. The molecule has 0 spiro atoms. The predicted molar refractivity (Wildman–Crippen MR) is 127 cm³/mol. The van der Waals surface area contributed by atoms with Crippen molar-refractivity contribution in [1.82, 2.24) is 0 Å². The minimum absolute atomic E-state index is 0.142. The van der Waals surface area contributed by atoms with E-state index in [1.54, 1.807) is 18.2 Å². The molecule has 1 fully saturated rings. The highest BCUT2D eigenvalue weighted by molar-refractivity contribution is 6.04. The molecule has 0 radical (unpaired) electrons. The van der Waals surface area contributed by atoms with Gasteiger partial charge in [0.25, 0.3) is 5.91 Å². The molecule has 0 saturated carbocycles. The van der Waals surface area contributed by atoms with Gasteiger partial charge in [0.1, 0.15) is 11.3 Å². The number of hydrogen-bond acceptors (Lipinski definition) is 5. The summed E-state index contributed by atoms with van der Waals surface area (Å²) in [5, 5.41) is 5.05. The number of hydrogen-bond donors (Lipinski definition) is 1. The Morgan fingerprint density at radius 2 is 1.66 bits per heavy atom. The first-order valence-corrected chi connectivity index (χ1v) is 10.9. The van der Waals surface area contributed by atoms with Crippen LogP contribution in [0.4, 0.5) is 11.4 Å². The summed E-state index contributed by atoms with van der Waals surface area (Å²) in [4.78, 5) is 26.9. The van der Waals surface area contributed by atoms with Crippen LogP contribution >= 0.6 is 0 Å². The van der Waals surface area contributed by atoms with Gasteiger partial charge >= 0.3 is 5.63 Å². The van der Waals surface area contributed by atoms with E-state index in [-0.39, 0.29) is 12.5 Å². The lowest BCUT2D eigenvalue weighted by atomic mass is 10.1. The monoisotopic (exact) mass is 428 g/mol. The molecule has 0 aliphatic carbocycles. The van der Waals surface area contributed by atoms with Gasteiger partial charge in [0.05, 0.1) is 5.39 Å². The molecule has 162 valence electrons. The van der Waals surface area contributed by atoms with Crippen LogP contribution in [0.2, 0.25) is 0 Å². The van der Waals surface area contributed by atoms with Crippen LogP contribution in [0.5, 0.6) is 5.75 Å². The van der Waals surface area contributed by atoms with Gasteiger partial charge in [-0.05, 0) is 67.1 Å². The normalized spacial score (nSPS) is 13.9. The Morgan fingerprint density at radius 1 is 0.906 bits per heavy atom. The average Bonchev–Trinajstić information content (AvgIpc) is 2.84. The van der Waals surface area contributed by atoms with Crippen molar-refractivity contribution in [1.29, 1.82) is 0 Å². The maximum atomic E-state index is 12.3. The highest BCUT2D eigenvalue weighted by Crippen LogP contribution is 2.26. The second-order valence-corrected chi connectivity index (χ2v) is 8.02. The van der Waals surface area contributed by atoms with Crippen LogP contribution in [-0.4, -0.2) is 25.6 Å². The van der Waals surface area contributed by atoms with Crippen molar-refractivity contribution in [2.45, 2.75) is 19.3 Å². The minimum atomic E-state index is -0.393. The summed E-state index contributed by atoms with van der Waals surface area (Å²) in [6.45, 7) is 2.03. The second-order valence-electron chi connectivity index (χ2n) is 8.02. The zero-order valence-electron chi connectivity index (χ0n) is 17.7. The molecule has 5 rings (SSSR count). The number of ether oxygens (including phenoxy) is 1. The fraction of sp³-hybridized carbons (Fsp3) is 0.231. The Bertz CT molecular complexity index is 1320. The molecule has 1 aliphatic heterocycles. The zero-order chi connectivity index (χ0) is 21.9. The van der Waals surface area contributed by atoms with E-state index in [1.807, 2.05) is 48.5 Å². The fourth-order valence-corrected chi connectivity index (χ4v) is 4.20. The Morgan fingerprint density at radius 3 is 2.44 bits per heavy atom. The second kappa shape index (κ2) is 8.75. The van der Waals surface area contributed by atoms with Gasteiger partial charge in [-0.2, -0.15) is 0 Å². The van der Waals surface area contributed by atoms with Crippen molar-refractivity contribution in [3.05, 3.63) is 77.2 Å². The lowest BCUT2D eigenvalue weighted by molar-refractivity contribution is -0.118. The molecule has 1 amide bonds. The maximum absolute atomic E-state index is 12.3. The van der Waals surface area contributed by atoms with Crippen LogP contribution in [0.3, 0.4) is 0 Å². The SMILES string of the molecule is O=C(COc1ccc2c(c1)oc(=O)c1ccccc12)Nc1ccc(N2CCCCC2)cc1. The smallest absolute Gasteiger partial charge is 0.344 e. The van der Waals surface area contributed by atoms with Gasteiger partial charge < -0.3 is 19.4 Å². The number of carbonyl (C=O) groups is 1. The lowest BCUT2D eigenvalue weighted by Gasteiger charge is -2.28. The molecule has 0 bridgehead atoms. The van der Waals surface area contributed by atoms with Crippen molar-refractivity contribution >= 4 is 39.0 Å². The van der Waals surface area contributed by atoms with Gasteiger partial charge in [0.15, 0.2) is 6.61 Å². The Balaban J connectivity index is 1.23. The van der Waals surface area contributed by atoms with E-state index in [2.05, 4.69) is 10.2 Å². The third-order valence-corrected chi connectivity index (χ3v) is 5.84. The first-order valence-electron chi connectivity index (χ1n) is 10.9. The van der Waals surface area contributed by atoms with Gasteiger partial charge in [-0.1, -0.05) is 18.2 Å². The Labute approximate surface area is 185 Å². The van der Waals surface area contributed by atoms with Crippen LogP contribution in [0, 0.1) is 0 Å². The molecule has 3 aromatic carbocycles. The molecule has 1 saturated heterocycles. The number of carbonyl (C=O) groups excluding carboxylic acids is 1. The number of nitrogens with zero attached hydrogens (tertiary/aromatic N) is 1. The number of amides is 1. The van der Waals surface area contributed by atoms with E-state index < -0.39 is 5.63 Å². The lowest BCUT2D eigenvalue weighted by Crippen LogP contribution is -2.29. The number of nitrogens with one attached hydrogen (secondary N) is 1. The van der Waals surface area contributed by atoms with E-state index >= 15 is 0 Å². The van der Waals surface area contributed by atoms with E-state index in [0.29, 0.717) is 16.7 Å². The van der Waals surface area contributed by atoms with Gasteiger partial charge in [-0.25, -0.2) is 4.79 Å². The number of fused-ring (bicyclic) bond motifs is 3. The molecule has 32 heavy (non-hydrogen) atoms. The zero-order valence-corrected chi connectivity index (χ0v) is 17.7. The van der Waals surface area contributed by atoms with E-state index in [0.717, 1.165) is 29.5 Å². The first-order chi connectivity index (χ1) is 15.7. The molecule has 0 unspecified atom stereocenters. The molecule has 1 aliphatic rings. The third-order valence-electron chi connectivity index (χ3n) is 5.84. The van der Waals surface area contributed by atoms with Gasteiger partial charge in [-0.15, -0.1) is 0 Å². The maximum Gasteiger partial charge on any atom is 0.344 e.